The molecule has 7 nitrogen and oxygen atoms in total. The Morgan fingerprint density at radius 3 is 2.58 bits per heavy atom. The Morgan fingerprint density at radius 2 is 1.82 bits per heavy atom. The number of para-hydroxylation sites is 1. The minimum absolute atomic E-state index is 0.113. The summed E-state index contributed by atoms with van der Waals surface area (Å²) < 4.78 is 5.49. The normalized spacial score (nSPS) is 21.8. The summed E-state index contributed by atoms with van der Waals surface area (Å²) in [5.41, 5.74) is 4.14. The Hall–Kier alpha value is -3.19. The smallest absolute Gasteiger partial charge is 0.255 e. The van der Waals surface area contributed by atoms with E-state index < -0.39 is 6.04 Å². The summed E-state index contributed by atoms with van der Waals surface area (Å²) in [6, 6.07) is 13.8. The number of hydrogen-bond acceptors (Lipinski definition) is 5. The Bertz CT molecular complexity index is 1090. The number of ether oxygens (including phenoxy) is 1. The largest absolute Gasteiger partial charge is 0.496 e. The summed E-state index contributed by atoms with van der Waals surface area (Å²) in [6.07, 6.45) is 2.80. The van der Waals surface area contributed by atoms with Gasteiger partial charge in [-0.3, -0.25) is 24.6 Å². The van der Waals surface area contributed by atoms with Gasteiger partial charge in [-0.05, 0) is 61.5 Å². The van der Waals surface area contributed by atoms with Crippen LogP contribution in [0.25, 0.3) is 0 Å². The van der Waals surface area contributed by atoms with Crippen LogP contribution in [-0.2, 0) is 22.7 Å². The van der Waals surface area contributed by atoms with E-state index in [1.54, 1.807) is 12.0 Å². The molecule has 3 heterocycles. The highest BCUT2D eigenvalue weighted by molar-refractivity contribution is 6.05. The van der Waals surface area contributed by atoms with E-state index in [0.29, 0.717) is 24.4 Å². The minimum Gasteiger partial charge on any atom is -0.496 e. The molecule has 2 aromatic rings. The van der Waals surface area contributed by atoms with Crippen molar-refractivity contribution in [2.45, 2.75) is 50.7 Å². The van der Waals surface area contributed by atoms with E-state index in [4.69, 9.17) is 4.74 Å². The van der Waals surface area contributed by atoms with Crippen molar-refractivity contribution in [1.82, 2.24) is 15.1 Å². The molecule has 3 aliphatic heterocycles. The number of carbonyl (C=O) groups is 3. The van der Waals surface area contributed by atoms with Gasteiger partial charge >= 0.3 is 0 Å². The number of methoxy groups -OCH3 is 1. The summed E-state index contributed by atoms with van der Waals surface area (Å²) in [6.45, 7) is 3.35. The molecule has 33 heavy (non-hydrogen) atoms. The molecule has 0 bridgehead atoms. The molecule has 0 aromatic heterocycles. The predicted octanol–water partition coefficient (Wildman–Crippen LogP) is 2.84. The number of benzene rings is 2. The number of nitrogens with one attached hydrogen (secondary N) is 1. The molecule has 0 spiro atoms. The van der Waals surface area contributed by atoms with Gasteiger partial charge in [0.05, 0.1) is 7.11 Å². The highest BCUT2D eigenvalue weighted by atomic mass is 16.5. The van der Waals surface area contributed by atoms with Gasteiger partial charge in [0, 0.05) is 30.6 Å². The first kappa shape index (κ1) is 21.6. The first-order valence-corrected chi connectivity index (χ1v) is 11.6. The van der Waals surface area contributed by atoms with Crippen molar-refractivity contribution < 1.29 is 19.1 Å². The molecule has 2 fully saturated rings. The van der Waals surface area contributed by atoms with Crippen LogP contribution in [-0.4, -0.2) is 53.8 Å². The number of likely N-dealkylation sites (tertiary alicyclic amines) is 1. The fourth-order valence-corrected chi connectivity index (χ4v) is 5.35. The molecular weight excluding hydrogens is 418 g/mol. The minimum atomic E-state index is -0.565. The lowest BCUT2D eigenvalue weighted by Gasteiger charge is -2.32. The molecule has 0 saturated carbocycles. The van der Waals surface area contributed by atoms with Gasteiger partial charge in [-0.1, -0.05) is 30.3 Å². The van der Waals surface area contributed by atoms with Gasteiger partial charge in [-0.15, -0.1) is 0 Å². The van der Waals surface area contributed by atoms with Crippen LogP contribution in [0.4, 0.5) is 0 Å². The summed E-state index contributed by atoms with van der Waals surface area (Å²) in [5, 5.41) is 2.36. The van der Waals surface area contributed by atoms with Crippen molar-refractivity contribution in [3.8, 4) is 5.75 Å². The second-order valence-electron chi connectivity index (χ2n) is 9.18. The lowest BCUT2D eigenvalue weighted by Crippen LogP contribution is -2.52. The monoisotopic (exact) mass is 447 g/mol. The SMILES string of the molecule is COc1ccccc1CN1CCC(c2ccc3c(c2)CN(C2CCC(=O)NC2=O)C3=O)CC1. The number of piperidine rings is 2. The summed E-state index contributed by atoms with van der Waals surface area (Å²) in [4.78, 5) is 40.7. The molecule has 2 aromatic carbocycles. The topological polar surface area (TPSA) is 79.0 Å². The molecule has 1 N–H and O–H groups in total. The van der Waals surface area contributed by atoms with Gasteiger partial charge in [-0.25, -0.2) is 0 Å². The zero-order valence-corrected chi connectivity index (χ0v) is 18.9. The average Bonchev–Trinajstić information content (AvgIpc) is 3.15. The zero-order valence-electron chi connectivity index (χ0n) is 18.9. The summed E-state index contributed by atoms with van der Waals surface area (Å²) in [7, 11) is 1.71. The average molecular weight is 448 g/mol. The highest BCUT2D eigenvalue weighted by Gasteiger charge is 2.39. The van der Waals surface area contributed by atoms with Crippen molar-refractivity contribution in [3.05, 3.63) is 64.7 Å². The summed E-state index contributed by atoms with van der Waals surface area (Å²) in [5.74, 6) is 0.653. The molecule has 1 unspecified atom stereocenters. The van der Waals surface area contributed by atoms with Gasteiger partial charge in [0.1, 0.15) is 11.8 Å². The molecule has 172 valence electrons. The van der Waals surface area contributed by atoms with E-state index in [0.717, 1.165) is 43.8 Å². The van der Waals surface area contributed by atoms with Gasteiger partial charge in [0.2, 0.25) is 11.8 Å². The fourth-order valence-electron chi connectivity index (χ4n) is 5.35. The number of hydrogen-bond donors (Lipinski definition) is 1. The van der Waals surface area contributed by atoms with E-state index in [1.165, 1.54) is 11.1 Å². The van der Waals surface area contributed by atoms with Gasteiger partial charge in [0.25, 0.3) is 5.91 Å². The molecule has 3 aliphatic rings. The number of imide groups is 1. The molecule has 2 saturated heterocycles. The second kappa shape index (κ2) is 8.98. The molecule has 7 heteroatoms. The van der Waals surface area contributed by atoms with Crippen LogP contribution in [0, 0.1) is 0 Å². The maximum atomic E-state index is 12.9. The maximum Gasteiger partial charge on any atom is 0.255 e. The molecule has 5 rings (SSSR count). The number of nitrogens with zero attached hydrogens (tertiary/aromatic N) is 2. The van der Waals surface area contributed by atoms with Crippen LogP contribution in [0.3, 0.4) is 0 Å². The van der Waals surface area contributed by atoms with Crippen LogP contribution in [0.5, 0.6) is 5.75 Å². The summed E-state index contributed by atoms with van der Waals surface area (Å²) >= 11 is 0. The van der Waals surface area contributed by atoms with Crippen molar-refractivity contribution in [1.29, 1.82) is 0 Å². The third-order valence-corrected chi connectivity index (χ3v) is 7.19. The molecule has 0 radical (unpaired) electrons. The van der Waals surface area contributed by atoms with E-state index in [2.05, 4.69) is 34.5 Å². The van der Waals surface area contributed by atoms with Crippen molar-refractivity contribution >= 4 is 17.7 Å². The zero-order chi connectivity index (χ0) is 22.9. The van der Waals surface area contributed by atoms with Gasteiger partial charge in [-0.2, -0.15) is 0 Å². The Labute approximate surface area is 193 Å². The molecule has 1 atom stereocenters. The number of carbonyl (C=O) groups excluding carboxylic acids is 3. The number of rotatable bonds is 5. The third kappa shape index (κ3) is 4.25. The lowest BCUT2D eigenvalue weighted by atomic mass is 9.87. The number of fused-ring (bicyclic) bond motifs is 1. The van der Waals surface area contributed by atoms with Gasteiger partial charge < -0.3 is 9.64 Å². The van der Waals surface area contributed by atoms with E-state index >= 15 is 0 Å². The Kier molecular flexibility index (Phi) is 5.89. The maximum absolute atomic E-state index is 12.9. The van der Waals surface area contributed by atoms with Crippen molar-refractivity contribution in [3.63, 3.8) is 0 Å². The second-order valence-corrected chi connectivity index (χ2v) is 9.18. The lowest BCUT2D eigenvalue weighted by molar-refractivity contribution is -0.136. The van der Waals surface area contributed by atoms with Crippen LogP contribution in [0.1, 0.15) is 58.6 Å². The van der Waals surface area contributed by atoms with E-state index in [9.17, 15) is 14.4 Å². The first-order chi connectivity index (χ1) is 16.0. The third-order valence-electron chi connectivity index (χ3n) is 7.19. The van der Waals surface area contributed by atoms with Crippen LogP contribution in [0.2, 0.25) is 0 Å². The van der Waals surface area contributed by atoms with Crippen molar-refractivity contribution in [2.24, 2.45) is 0 Å². The first-order valence-electron chi connectivity index (χ1n) is 11.6. The van der Waals surface area contributed by atoms with Crippen molar-refractivity contribution in [2.75, 3.05) is 20.2 Å². The Balaban J connectivity index is 1.23. The molecular formula is C26H29N3O4. The highest BCUT2D eigenvalue weighted by Crippen LogP contribution is 2.34. The molecule has 0 aliphatic carbocycles. The van der Waals surface area contributed by atoms with Crippen LogP contribution < -0.4 is 10.1 Å². The predicted molar refractivity (Wildman–Crippen MR) is 123 cm³/mol. The number of amides is 3. The Morgan fingerprint density at radius 1 is 1.03 bits per heavy atom. The van der Waals surface area contributed by atoms with E-state index in [-0.39, 0.29) is 24.1 Å². The van der Waals surface area contributed by atoms with Crippen LogP contribution in [0.15, 0.2) is 42.5 Å². The standard InChI is InChI=1S/C26H29N3O4/c1-33-23-5-3-2-4-19(23)15-28-12-10-17(11-13-28)18-6-7-21-20(14-18)16-29(26(21)32)22-8-9-24(30)27-25(22)31/h2-7,14,17,22H,8-13,15-16H2,1H3,(H,27,30,31). The molecule has 3 amide bonds. The fraction of sp³-hybridized carbons (Fsp3) is 0.423. The van der Waals surface area contributed by atoms with Gasteiger partial charge in [0.15, 0.2) is 0 Å². The van der Waals surface area contributed by atoms with E-state index in [1.807, 2.05) is 18.2 Å². The van der Waals surface area contributed by atoms with Crippen LogP contribution >= 0.6 is 0 Å². The quantitative estimate of drug-likeness (QED) is 0.713.